The number of aromatic hydroxyl groups is 1. The largest absolute Gasteiger partial charge is 0.507 e. The van der Waals surface area contributed by atoms with E-state index in [0.717, 1.165) is 26.2 Å². The molecule has 2 rings (SSSR count). The van der Waals surface area contributed by atoms with Crippen LogP contribution in [0.15, 0.2) is 18.2 Å². The van der Waals surface area contributed by atoms with Crippen LogP contribution in [0.25, 0.3) is 0 Å². The van der Waals surface area contributed by atoms with E-state index in [2.05, 4.69) is 4.74 Å². The first-order valence-electron chi connectivity index (χ1n) is 7.47. The molecule has 1 fully saturated rings. The predicted octanol–water partition coefficient (Wildman–Crippen LogP) is 4.02. The van der Waals surface area contributed by atoms with Gasteiger partial charge in [-0.25, -0.2) is 4.79 Å². The molecule has 0 amide bonds. The van der Waals surface area contributed by atoms with Crippen LogP contribution in [0, 0.1) is 5.92 Å². The SMILES string of the molecule is COC(=O)[C@@H]1O[C@@](C)(C(F)(F)F)[C@@H](C)[C@H]1c1cccc(C(F)(F)F)c1O. The molecule has 0 saturated carbocycles. The third-order valence-corrected chi connectivity index (χ3v) is 4.83. The average molecular weight is 386 g/mol. The van der Waals surface area contributed by atoms with E-state index in [1.807, 2.05) is 0 Å². The van der Waals surface area contributed by atoms with Crippen molar-refractivity contribution in [1.82, 2.24) is 0 Å². The molecule has 1 aliphatic heterocycles. The average Bonchev–Trinajstić information content (AvgIpc) is 2.79. The molecule has 0 aliphatic carbocycles. The lowest BCUT2D eigenvalue weighted by molar-refractivity contribution is -0.274. The normalized spacial score (nSPS) is 29.7. The van der Waals surface area contributed by atoms with Crippen LogP contribution in [0.3, 0.4) is 0 Å². The molecule has 0 radical (unpaired) electrons. The van der Waals surface area contributed by atoms with Gasteiger partial charge in [-0.3, -0.25) is 0 Å². The van der Waals surface area contributed by atoms with Gasteiger partial charge >= 0.3 is 18.3 Å². The lowest BCUT2D eigenvalue weighted by atomic mass is 9.76. The van der Waals surface area contributed by atoms with Crippen molar-refractivity contribution in [3.05, 3.63) is 29.3 Å². The van der Waals surface area contributed by atoms with E-state index in [0.29, 0.717) is 13.0 Å². The Balaban J connectivity index is 2.64. The molecule has 1 aromatic carbocycles. The highest BCUT2D eigenvalue weighted by Gasteiger charge is 2.66. The summed E-state index contributed by atoms with van der Waals surface area (Å²) in [6, 6.07) is 2.57. The molecule has 0 bridgehead atoms. The summed E-state index contributed by atoms with van der Waals surface area (Å²) >= 11 is 0. The van der Waals surface area contributed by atoms with E-state index in [-0.39, 0.29) is 0 Å². The van der Waals surface area contributed by atoms with Gasteiger partial charge < -0.3 is 14.6 Å². The van der Waals surface area contributed by atoms with Crippen LogP contribution in [0.4, 0.5) is 26.3 Å². The summed E-state index contributed by atoms with van der Waals surface area (Å²) in [6.45, 7) is 1.80. The number of phenolic OH excluding ortho intramolecular Hbond substituents is 1. The summed E-state index contributed by atoms with van der Waals surface area (Å²) in [5, 5.41) is 10.0. The first-order valence-corrected chi connectivity index (χ1v) is 7.47. The lowest BCUT2D eigenvalue weighted by Gasteiger charge is -2.31. The highest BCUT2D eigenvalue weighted by atomic mass is 19.4. The minimum absolute atomic E-state index is 0.462. The number of benzene rings is 1. The topological polar surface area (TPSA) is 55.8 Å². The standard InChI is InChI=1S/C16H16F6O4/c1-7-10(8-5-4-6-9(11(8)23)15(17,18)19)12(13(24)25-3)26-14(7,2)16(20,21)22/h4-7,10,12,23H,1-3H3/t7-,10-,12+,14+/m0/s1. The highest BCUT2D eigenvalue weighted by molar-refractivity contribution is 5.77. The fraction of sp³-hybridized carbons (Fsp3) is 0.562. The number of hydrogen-bond donors (Lipinski definition) is 1. The molecule has 26 heavy (non-hydrogen) atoms. The van der Waals surface area contributed by atoms with Crippen LogP contribution < -0.4 is 0 Å². The van der Waals surface area contributed by atoms with Crippen molar-refractivity contribution >= 4 is 5.97 Å². The smallest absolute Gasteiger partial charge is 0.419 e. The number of phenols is 1. The van der Waals surface area contributed by atoms with Gasteiger partial charge in [0, 0.05) is 17.4 Å². The number of methoxy groups -OCH3 is 1. The van der Waals surface area contributed by atoms with Crippen LogP contribution in [0.5, 0.6) is 5.75 Å². The minimum Gasteiger partial charge on any atom is -0.507 e. The molecule has 4 atom stereocenters. The van der Waals surface area contributed by atoms with Gasteiger partial charge in [0.05, 0.1) is 12.7 Å². The van der Waals surface area contributed by atoms with Gasteiger partial charge in [-0.2, -0.15) is 26.3 Å². The number of carbonyl (C=O) groups is 1. The Morgan fingerprint density at radius 3 is 2.27 bits per heavy atom. The van der Waals surface area contributed by atoms with Crippen molar-refractivity contribution in [2.24, 2.45) is 5.92 Å². The molecule has 1 saturated heterocycles. The third kappa shape index (κ3) is 3.10. The lowest BCUT2D eigenvalue weighted by Crippen LogP contribution is -2.47. The molecule has 10 heteroatoms. The second-order valence-corrected chi connectivity index (χ2v) is 6.22. The van der Waals surface area contributed by atoms with Gasteiger partial charge in [0.1, 0.15) is 5.75 Å². The van der Waals surface area contributed by atoms with Crippen molar-refractivity contribution < 1.29 is 45.7 Å². The van der Waals surface area contributed by atoms with Crippen molar-refractivity contribution in [2.45, 2.75) is 43.8 Å². The van der Waals surface area contributed by atoms with Crippen LogP contribution in [-0.2, 0) is 20.4 Å². The van der Waals surface area contributed by atoms with Crippen molar-refractivity contribution in [1.29, 1.82) is 0 Å². The Morgan fingerprint density at radius 1 is 1.23 bits per heavy atom. The van der Waals surface area contributed by atoms with E-state index >= 15 is 0 Å². The molecule has 0 spiro atoms. The molecule has 1 aromatic rings. The van der Waals surface area contributed by atoms with E-state index in [1.165, 1.54) is 0 Å². The fourth-order valence-corrected chi connectivity index (χ4v) is 3.18. The van der Waals surface area contributed by atoms with Crippen LogP contribution in [0.2, 0.25) is 0 Å². The maximum Gasteiger partial charge on any atom is 0.419 e. The zero-order chi connectivity index (χ0) is 20.1. The first-order chi connectivity index (χ1) is 11.8. The second kappa shape index (κ2) is 6.33. The van der Waals surface area contributed by atoms with E-state index in [1.54, 1.807) is 0 Å². The summed E-state index contributed by atoms with van der Waals surface area (Å²) in [7, 11) is 0.919. The van der Waals surface area contributed by atoms with Gasteiger partial charge in [0.25, 0.3) is 0 Å². The Labute approximate surface area is 144 Å². The van der Waals surface area contributed by atoms with Crippen molar-refractivity contribution in [3.8, 4) is 5.75 Å². The van der Waals surface area contributed by atoms with E-state index in [9.17, 15) is 36.2 Å². The summed E-state index contributed by atoms with van der Waals surface area (Å²) in [5.74, 6) is -5.37. The number of para-hydroxylation sites is 1. The quantitative estimate of drug-likeness (QED) is 0.616. The van der Waals surface area contributed by atoms with E-state index in [4.69, 9.17) is 4.74 Å². The molecule has 4 nitrogen and oxygen atoms in total. The number of esters is 1. The molecule has 146 valence electrons. The fourth-order valence-electron chi connectivity index (χ4n) is 3.18. The summed E-state index contributed by atoms with van der Waals surface area (Å²) < 4.78 is 88.8. The molecule has 1 heterocycles. The van der Waals surface area contributed by atoms with Gasteiger partial charge in [-0.1, -0.05) is 19.1 Å². The van der Waals surface area contributed by atoms with E-state index < -0.39 is 58.7 Å². The van der Waals surface area contributed by atoms with Crippen LogP contribution >= 0.6 is 0 Å². The molecular formula is C16H16F6O4. The minimum atomic E-state index is -4.92. The monoisotopic (exact) mass is 386 g/mol. The maximum atomic E-state index is 13.5. The van der Waals surface area contributed by atoms with Gasteiger partial charge in [-0.15, -0.1) is 0 Å². The molecular weight excluding hydrogens is 370 g/mol. The second-order valence-electron chi connectivity index (χ2n) is 6.22. The number of halogens is 6. The van der Waals surface area contributed by atoms with Crippen LogP contribution in [0.1, 0.15) is 30.9 Å². The molecule has 1 N–H and O–H groups in total. The Hall–Kier alpha value is -1.97. The molecule has 1 aliphatic rings. The summed E-state index contributed by atoms with van der Waals surface area (Å²) in [4.78, 5) is 11.9. The Morgan fingerprint density at radius 2 is 1.81 bits per heavy atom. The number of ether oxygens (including phenoxy) is 2. The van der Waals surface area contributed by atoms with Gasteiger partial charge in [0.2, 0.25) is 0 Å². The summed E-state index contributed by atoms with van der Waals surface area (Å²) in [6.07, 6.45) is -11.6. The van der Waals surface area contributed by atoms with Crippen molar-refractivity contribution in [3.63, 3.8) is 0 Å². The van der Waals surface area contributed by atoms with Gasteiger partial charge in [0.15, 0.2) is 11.7 Å². The zero-order valence-corrected chi connectivity index (χ0v) is 13.9. The first kappa shape index (κ1) is 20.3. The number of rotatable bonds is 2. The summed E-state index contributed by atoms with van der Waals surface area (Å²) in [5.41, 5.74) is -4.68. The van der Waals surface area contributed by atoms with Crippen LogP contribution in [-0.4, -0.2) is 36.1 Å². The van der Waals surface area contributed by atoms with Gasteiger partial charge in [-0.05, 0) is 13.0 Å². The predicted molar refractivity (Wildman–Crippen MR) is 76.4 cm³/mol. The Kier molecular flexibility index (Phi) is 4.95. The number of hydrogen-bond acceptors (Lipinski definition) is 4. The number of alkyl halides is 6. The number of carbonyl (C=O) groups excluding carboxylic acids is 1. The maximum absolute atomic E-state index is 13.5. The van der Waals surface area contributed by atoms with Crippen molar-refractivity contribution in [2.75, 3.05) is 7.11 Å². The Bertz CT molecular complexity index is 699. The zero-order valence-electron chi connectivity index (χ0n) is 13.9. The molecule has 0 unspecified atom stereocenters. The third-order valence-electron chi connectivity index (χ3n) is 4.83. The highest BCUT2D eigenvalue weighted by Crippen LogP contribution is 2.55. The molecule has 0 aromatic heterocycles.